The zero-order chi connectivity index (χ0) is 14.0. The van der Waals surface area contributed by atoms with Crippen LogP contribution in [0.2, 0.25) is 0 Å². The highest BCUT2D eigenvalue weighted by Gasteiger charge is 2.35. The highest BCUT2D eigenvalue weighted by atomic mass is 79.9. The predicted octanol–water partition coefficient (Wildman–Crippen LogP) is 3.54. The average molecular weight is 338 g/mol. The molecule has 0 aromatic carbocycles. The molecule has 0 bridgehead atoms. The third-order valence-electron chi connectivity index (χ3n) is 3.27. The molecule has 0 saturated heterocycles. The summed E-state index contributed by atoms with van der Waals surface area (Å²) in [7, 11) is 0. The van der Waals surface area contributed by atoms with E-state index in [4.69, 9.17) is 5.73 Å². The topological polar surface area (TPSA) is 50.9 Å². The lowest BCUT2D eigenvalue weighted by Crippen LogP contribution is -2.33. The molecule has 1 aromatic heterocycles. The van der Waals surface area contributed by atoms with E-state index in [1.807, 2.05) is 0 Å². The molecule has 0 radical (unpaired) electrons. The Morgan fingerprint density at radius 2 is 1.89 bits per heavy atom. The summed E-state index contributed by atoms with van der Waals surface area (Å²) in [5, 5.41) is 2.90. The number of nitrogens with zero attached hydrogens (tertiary/aromatic N) is 1. The first-order chi connectivity index (χ1) is 8.86. The minimum atomic E-state index is -4.41. The Bertz CT molecular complexity index is 442. The minimum absolute atomic E-state index is 0.00887. The molecule has 1 aliphatic rings. The van der Waals surface area contributed by atoms with Gasteiger partial charge in [-0.25, -0.2) is 4.98 Å². The molecule has 0 spiro atoms. The monoisotopic (exact) mass is 337 g/mol. The molecule has 7 heteroatoms. The Hall–Kier alpha value is -0.820. The van der Waals surface area contributed by atoms with Crippen LogP contribution in [0.25, 0.3) is 0 Å². The van der Waals surface area contributed by atoms with E-state index in [9.17, 15) is 13.2 Å². The number of alkyl halides is 3. The SMILES string of the molecule is NC1CCC(Nc2ncc(Br)cc2C(F)(F)F)CC1. The van der Waals surface area contributed by atoms with Gasteiger partial charge >= 0.3 is 6.18 Å². The molecule has 106 valence electrons. The summed E-state index contributed by atoms with van der Waals surface area (Å²) >= 11 is 3.02. The molecule has 1 aliphatic carbocycles. The first-order valence-corrected chi connectivity index (χ1v) is 6.90. The van der Waals surface area contributed by atoms with Gasteiger partial charge in [0.15, 0.2) is 0 Å². The molecule has 19 heavy (non-hydrogen) atoms. The molecule has 0 amide bonds. The standard InChI is InChI=1S/C12H15BrF3N3/c13-7-5-10(12(14,15)16)11(18-6-7)19-9-3-1-8(17)2-4-9/h5-6,8-9H,1-4,17H2,(H,18,19). The fourth-order valence-corrected chi connectivity index (χ4v) is 2.56. The van der Waals surface area contributed by atoms with Crippen LogP contribution >= 0.6 is 15.9 Å². The first-order valence-electron chi connectivity index (χ1n) is 6.11. The van der Waals surface area contributed by atoms with E-state index >= 15 is 0 Å². The lowest BCUT2D eigenvalue weighted by atomic mass is 9.92. The molecule has 2 rings (SSSR count). The van der Waals surface area contributed by atoms with Crippen LogP contribution in [-0.4, -0.2) is 17.1 Å². The van der Waals surface area contributed by atoms with Crippen molar-refractivity contribution < 1.29 is 13.2 Å². The van der Waals surface area contributed by atoms with Crippen molar-refractivity contribution in [3.8, 4) is 0 Å². The maximum Gasteiger partial charge on any atom is 0.419 e. The number of nitrogens with one attached hydrogen (secondary N) is 1. The first kappa shape index (κ1) is 14.6. The number of hydrogen-bond acceptors (Lipinski definition) is 3. The normalized spacial score (nSPS) is 24.3. The van der Waals surface area contributed by atoms with Crippen LogP contribution in [0.5, 0.6) is 0 Å². The number of nitrogens with two attached hydrogens (primary N) is 1. The molecule has 0 aliphatic heterocycles. The van der Waals surface area contributed by atoms with Gasteiger partial charge in [-0.3, -0.25) is 0 Å². The van der Waals surface area contributed by atoms with Crippen molar-refractivity contribution in [1.29, 1.82) is 0 Å². The molecule has 3 nitrogen and oxygen atoms in total. The smallest absolute Gasteiger partial charge is 0.367 e. The molecular weight excluding hydrogens is 323 g/mol. The lowest BCUT2D eigenvalue weighted by molar-refractivity contribution is -0.137. The number of rotatable bonds is 2. The van der Waals surface area contributed by atoms with Gasteiger partial charge in [0.2, 0.25) is 0 Å². The largest absolute Gasteiger partial charge is 0.419 e. The number of anilines is 1. The Morgan fingerprint density at radius 1 is 1.26 bits per heavy atom. The fraction of sp³-hybridized carbons (Fsp3) is 0.583. The van der Waals surface area contributed by atoms with Crippen LogP contribution in [-0.2, 0) is 6.18 Å². The van der Waals surface area contributed by atoms with Gasteiger partial charge in [0, 0.05) is 22.8 Å². The van der Waals surface area contributed by atoms with E-state index < -0.39 is 11.7 Å². The van der Waals surface area contributed by atoms with Crippen molar-refractivity contribution >= 4 is 21.7 Å². The summed E-state index contributed by atoms with van der Waals surface area (Å²) < 4.78 is 39.1. The summed E-state index contributed by atoms with van der Waals surface area (Å²) in [5.74, 6) is -0.101. The Balaban J connectivity index is 2.16. The summed E-state index contributed by atoms with van der Waals surface area (Å²) in [5.41, 5.74) is 5.04. The second kappa shape index (κ2) is 5.66. The number of aromatic nitrogens is 1. The molecule has 0 unspecified atom stereocenters. The molecule has 1 aromatic rings. The lowest BCUT2D eigenvalue weighted by Gasteiger charge is -2.28. The third-order valence-corrected chi connectivity index (χ3v) is 3.71. The van der Waals surface area contributed by atoms with Crippen LogP contribution in [0, 0.1) is 0 Å². The van der Waals surface area contributed by atoms with Crippen molar-refractivity contribution in [3.63, 3.8) is 0 Å². The molecule has 1 fully saturated rings. The van der Waals surface area contributed by atoms with E-state index in [2.05, 4.69) is 26.2 Å². The molecule has 1 heterocycles. The van der Waals surface area contributed by atoms with Crippen molar-refractivity contribution in [2.24, 2.45) is 5.73 Å². The molecule has 1 saturated carbocycles. The van der Waals surface area contributed by atoms with Crippen molar-refractivity contribution in [2.75, 3.05) is 5.32 Å². The summed E-state index contributed by atoms with van der Waals surface area (Å²) in [6.45, 7) is 0. The maximum atomic E-state index is 12.9. The van der Waals surface area contributed by atoms with Gasteiger partial charge in [0.05, 0.1) is 5.56 Å². The molecule has 3 N–H and O–H groups in total. The summed E-state index contributed by atoms with van der Waals surface area (Å²) in [6.07, 6.45) is 0.161. The van der Waals surface area contributed by atoms with Crippen LogP contribution in [0.1, 0.15) is 31.2 Å². The Morgan fingerprint density at radius 3 is 2.47 bits per heavy atom. The minimum Gasteiger partial charge on any atom is -0.367 e. The number of hydrogen-bond donors (Lipinski definition) is 2. The predicted molar refractivity (Wildman–Crippen MR) is 70.8 cm³/mol. The Kier molecular flexibility index (Phi) is 4.35. The Labute approximate surface area is 117 Å². The van der Waals surface area contributed by atoms with Gasteiger partial charge in [-0.2, -0.15) is 13.2 Å². The van der Waals surface area contributed by atoms with Gasteiger partial charge in [-0.05, 0) is 47.7 Å². The van der Waals surface area contributed by atoms with Crippen LogP contribution in [0.3, 0.4) is 0 Å². The van der Waals surface area contributed by atoms with Crippen molar-refractivity contribution in [1.82, 2.24) is 4.98 Å². The van der Waals surface area contributed by atoms with E-state index in [0.29, 0.717) is 4.47 Å². The van der Waals surface area contributed by atoms with E-state index in [-0.39, 0.29) is 17.9 Å². The van der Waals surface area contributed by atoms with Gasteiger partial charge in [-0.1, -0.05) is 0 Å². The van der Waals surface area contributed by atoms with Crippen LogP contribution < -0.4 is 11.1 Å². The fourth-order valence-electron chi connectivity index (χ4n) is 2.23. The van der Waals surface area contributed by atoms with Crippen molar-refractivity contribution in [2.45, 2.75) is 43.9 Å². The van der Waals surface area contributed by atoms with Crippen molar-refractivity contribution in [3.05, 3.63) is 22.3 Å². The molecule has 0 atom stereocenters. The second-order valence-corrected chi connectivity index (χ2v) is 5.72. The summed E-state index contributed by atoms with van der Waals surface area (Å²) in [6, 6.07) is 1.22. The second-order valence-electron chi connectivity index (χ2n) is 4.80. The summed E-state index contributed by atoms with van der Waals surface area (Å²) in [4.78, 5) is 3.85. The van der Waals surface area contributed by atoms with Gasteiger partial charge in [0.1, 0.15) is 5.82 Å². The zero-order valence-electron chi connectivity index (χ0n) is 10.2. The average Bonchev–Trinajstić information content (AvgIpc) is 2.33. The number of halogens is 4. The van der Waals surface area contributed by atoms with Gasteiger partial charge in [-0.15, -0.1) is 0 Å². The maximum absolute atomic E-state index is 12.9. The number of pyridine rings is 1. The quantitative estimate of drug-likeness (QED) is 0.867. The van der Waals surface area contributed by atoms with Gasteiger partial charge in [0.25, 0.3) is 0 Å². The third kappa shape index (κ3) is 3.82. The van der Waals surface area contributed by atoms with Gasteiger partial charge < -0.3 is 11.1 Å². The van der Waals surface area contributed by atoms with Crippen LogP contribution in [0.15, 0.2) is 16.7 Å². The van der Waals surface area contributed by atoms with Crippen LogP contribution in [0.4, 0.5) is 19.0 Å². The van der Waals surface area contributed by atoms with E-state index in [1.54, 1.807) is 0 Å². The highest BCUT2D eigenvalue weighted by Crippen LogP contribution is 2.36. The highest BCUT2D eigenvalue weighted by molar-refractivity contribution is 9.10. The molecular formula is C12H15BrF3N3. The zero-order valence-corrected chi connectivity index (χ0v) is 11.8. The van der Waals surface area contributed by atoms with E-state index in [1.165, 1.54) is 6.20 Å². The van der Waals surface area contributed by atoms with E-state index in [0.717, 1.165) is 31.7 Å².